The van der Waals surface area contributed by atoms with Crippen molar-refractivity contribution in [3.63, 3.8) is 0 Å². The van der Waals surface area contributed by atoms with Crippen molar-refractivity contribution < 1.29 is 18.8 Å². The number of amides is 1. The van der Waals surface area contributed by atoms with Gasteiger partial charge in [-0.15, -0.1) is 0 Å². The van der Waals surface area contributed by atoms with E-state index in [1.807, 2.05) is 30.3 Å². The molecule has 0 N–H and O–H groups in total. The van der Waals surface area contributed by atoms with Crippen molar-refractivity contribution in [3.8, 4) is 0 Å². The quantitative estimate of drug-likeness (QED) is 0.639. The fourth-order valence-electron chi connectivity index (χ4n) is 2.57. The van der Waals surface area contributed by atoms with Gasteiger partial charge < -0.3 is 4.84 Å². The Morgan fingerprint density at radius 3 is 2.07 bits per heavy atom. The van der Waals surface area contributed by atoms with Gasteiger partial charge in [-0.25, -0.2) is 9.18 Å². The molecular formula is C22H18FNO3. The van der Waals surface area contributed by atoms with Gasteiger partial charge in [0.2, 0.25) is 0 Å². The molecular weight excluding hydrogens is 345 g/mol. The van der Waals surface area contributed by atoms with Crippen molar-refractivity contribution in [3.05, 3.63) is 107 Å². The molecule has 0 saturated heterocycles. The SMILES string of the molecule is O=C(Cc1ccccc1F)ON(Cc1ccccc1)C(=O)c1ccccc1. The Labute approximate surface area is 156 Å². The number of rotatable bonds is 5. The minimum absolute atomic E-state index is 0.0948. The Kier molecular flexibility index (Phi) is 5.94. The molecule has 0 spiro atoms. The van der Waals surface area contributed by atoms with E-state index in [2.05, 4.69) is 0 Å². The highest BCUT2D eigenvalue weighted by Gasteiger charge is 2.21. The van der Waals surface area contributed by atoms with Crippen LogP contribution in [0.15, 0.2) is 84.9 Å². The zero-order chi connectivity index (χ0) is 19.1. The number of benzene rings is 3. The molecule has 136 valence electrons. The van der Waals surface area contributed by atoms with E-state index in [-0.39, 0.29) is 18.5 Å². The van der Waals surface area contributed by atoms with Crippen LogP contribution in [0.2, 0.25) is 0 Å². The first-order valence-corrected chi connectivity index (χ1v) is 8.48. The molecule has 0 radical (unpaired) electrons. The number of hydrogen-bond acceptors (Lipinski definition) is 3. The van der Waals surface area contributed by atoms with E-state index in [4.69, 9.17) is 4.84 Å². The smallest absolute Gasteiger partial charge is 0.337 e. The first-order chi connectivity index (χ1) is 13.1. The van der Waals surface area contributed by atoms with Crippen LogP contribution in [0.1, 0.15) is 21.5 Å². The van der Waals surface area contributed by atoms with Crippen LogP contribution in [0.5, 0.6) is 0 Å². The van der Waals surface area contributed by atoms with Gasteiger partial charge in [0.25, 0.3) is 5.91 Å². The fraction of sp³-hybridized carbons (Fsp3) is 0.0909. The summed E-state index contributed by atoms with van der Waals surface area (Å²) in [5, 5.41) is 1.01. The molecule has 0 fully saturated rings. The second-order valence-corrected chi connectivity index (χ2v) is 5.92. The largest absolute Gasteiger partial charge is 0.337 e. The number of nitrogens with zero attached hydrogens (tertiary/aromatic N) is 1. The zero-order valence-corrected chi connectivity index (χ0v) is 14.5. The second kappa shape index (κ2) is 8.76. The molecule has 3 rings (SSSR count). The average molecular weight is 363 g/mol. The van der Waals surface area contributed by atoms with Gasteiger partial charge in [0.05, 0.1) is 13.0 Å². The molecule has 0 aliphatic heterocycles. The molecule has 0 aliphatic rings. The van der Waals surface area contributed by atoms with Crippen molar-refractivity contribution in [2.45, 2.75) is 13.0 Å². The molecule has 0 aromatic heterocycles. The van der Waals surface area contributed by atoms with Crippen molar-refractivity contribution >= 4 is 11.9 Å². The summed E-state index contributed by atoms with van der Waals surface area (Å²) in [6.45, 7) is 0.0948. The van der Waals surface area contributed by atoms with Crippen LogP contribution < -0.4 is 0 Å². The van der Waals surface area contributed by atoms with Gasteiger partial charge in [0.15, 0.2) is 0 Å². The van der Waals surface area contributed by atoms with Crippen molar-refractivity contribution in [1.29, 1.82) is 0 Å². The maximum absolute atomic E-state index is 13.8. The summed E-state index contributed by atoms with van der Waals surface area (Å²) in [5.74, 6) is -1.64. The summed E-state index contributed by atoms with van der Waals surface area (Å²) in [5.41, 5.74) is 1.42. The van der Waals surface area contributed by atoms with Crippen LogP contribution in [-0.4, -0.2) is 16.9 Å². The standard InChI is InChI=1S/C22H18FNO3/c23-20-14-8-7-13-19(20)15-21(25)27-24(16-17-9-3-1-4-10-17)22(26)18-11-5-2-6-12-18/h1-14H,15-16H2. The van der Waals surface area contributed by atoms with Crippen LogP contribution in [0.25, 0.3) is 0 Å². The van der Waals surface area contributed by atoms with Gasteiger partial charge in [-0.1, -0.05) is 66.7 Å². The topological polar surface area (TPSA) is 46.6 Å². The third kappa shape index (κ3) is 5.01. The number of halogens is 1. The number of hydroxylamine groups is 2. The predicted molar refractivity (Wildman–Crippen MR) is 99.0 cm³/mol. The highest BCUT2D eigenvalue weighted by atomic mass is 19.1. The lowest BCUT2D eigenvalue weighted by atomic mass is 10.1. The highest BCUT2D eigenvalue weighted by molar-refractivity contribution is 5.94. The molecule has 0 bridgehead atoms. The van der Waals surface area contributed by atoms with Gasteiger partial charge in [0.1, 0.15) is 5.82 Å². The van der Waals surface area contributed by atoms with Crippen molar-refractivity contribution in [1.82, 2.24) is 5.06 Å². The van der Waals surface area contributed by atoms with Crippen molar-refractivity contribution in [2.75, 3.05) is 0 Å². The Hall–Kier alpha value is -3.47. The van der Waals surface area contributed by atoms with E-state index in [0.717, 1.165) is 10.6 Å². The molecule has 0 aliphatic carbocycles. The molecule has 3 aromatic rings. The fourth-order valence-corrected chi connectivity index (χ4v) is 2.57. The van der Waals surface area contributed by atoms with E-state index in [0.29, 0.717) is 5.56 Å². The summed E-state index contributed by atoms with van der Waals surface area (Å²) in [4.78, 5) is 30.4. The minimum atomic E-state index is -0.708. The normalized spacial score (nSPS) is 10.3. The Morgan fingerprint density at radius 1 is 0.815 bits per heavy atom. The number of carbonyl (C=O) groups is 2. The minimum Gasteiger partial charge on any atom is -0.337 e. The molecule has 5 heteroatoms. The third-order valence-electron chi connectivity index (χ3n) is 3.92. The molecule has 1 amide bonds. The summed E-state index contributed by atoms with van der Waals surface area (Å²) in [6, 6.07) is 23.7. The predicted octanol–water partition coefficient (Wildman–Crippen LogP) is 4.17. The highest BCUT2D eigenvalue weighted by Crippen LogP contribution is 2.13. The Bertz CT molecular complexity index is 913. The average Bonchev–Trinajstić information content (AvgIpc) is 2.70. The molecule has 0 unspecified atom stereocenters. The monoisotopic (exact) mass is 363 g/mol. The molecule has 0 saturated carbocycles. The van der Waals surface area contributed by atoms with Gasteiger partial charge in [-0.05, 0) is 29.3 Å². The maximum Gasteiger partial charge on any atom is 0.337 e. The lowest BCUT2D eigenvalue weighted by molar-refractivity contribution is -0.179. The third-order valence-corrected chi connectivity index (χ3v) is 3.92. The van der Waals surface area contributed by atoms with Gasteiger partial charge in [-0.2, -0.15) is 5.06 Å². The van der Waals surface area contributed by atoms with E-state index in [1.165, 1.54) is 12.1 Å². The number of carbonyl (C=O) groups excluding carboxylic acids is 2. The van der Waals surface area contributed by atoms with Gasteiger partial charge in [0, 0.05) is 5.56 Å². The van der Waals surface area contributed by atoms with Crippen LogP contribution in [-0.2, 0) is 22.6 Å². The van der Waals surface area contributed by atoms with Gasteiger partial charge in [-0.3, -0.25) is 4.79 Å². The van der Waals surface area contributed by atoms with E-state index in [9.17, 15) is 14.0 Å². The molecule has 3 aromatic carbocycles. The first kappa shape index (κ1) is 18.3. The lowest BCUT2D eigenvalue weighted by Gasteiger charge is -2.21. The first-order valence-electron chi connectivity index (χ1n) is 8.48. The lowest BCUT2D eigenvalue weighted by Crippen LogP contribution is -2.33. The summed E-state index contributed by atoms with van der Waals surface area (Å²) in [6.07, 6.45) is -0.264. The molecule has 0 heterocycles. The van der Waals surface area contributed by atoms with Crippen LogP contribution in [0, 0.1) is 5.82 Å². The van der Waals surface area contributed by atoms with E-state index >= 15 is 0 Å². The van der Waals surface area contributed by atoms with Gasteiger partial charge >= 0.3 is 5.97 Å². The summed E-state index contributed by atoms with van der Waals surface area (Å²) in [7, 11) is 0. The van der Waals surface area contributed by atoms with Crippen molar-refractivity contribution in [2.24, 2.45) is 0 Å². The zero-order valence-electron chi connectivity index (χ0n) is 14.5. The van der Waals surface area contributed by atoms with Crippen LogP contribution >= 0.6 is 0 Å². The molecule has 4 nitrogen and oxygen atoms in total. The summed E-state index contributed by atoms with van der Waals surface area (Å²) < 4.78 is 13.8. The number of hydrogen-bond donors (Lipinski definition) is 0. The van der Waals surface area contributed by atoms with E-state index < -0.39 is 17.7 Å². The maximum atomic E-state index is 13.8. The Balaban J connectivity index is 1.78. The molecule has 0 atom stereocenters. The summed E-state index contributed by atoms with van der Waals surface area (Å²) >= 11 is 0. The second-order valence-electron chi connectivity index (χ2n) is 5.92. The van der Waals surface area contributed by atoms with Crippen LogP contribution in [0.3, 0.4) is 0 Å². The van der Waals surface area contributed by atoms with Crippen LogP contribution in [0.4, 0.5) is 4.39 Å². The van der Waals surface area contributed by atoms with E-state index in [1.54, 1.807) is 42.5 Å². The Morgan fingerprint density at radius 2 is 1.41 bits per heavy atom. The molecule has 27 heavy (non-hydrogen) atoms.